The SMILES string of the molecule is Cc1nc(-c2cccc(NC(=O)NCc3ccc(N4CC(C)OC(C)C4)nc3)c2)n[nH]1. The van der Waals surface area contributed by atoms with E-state index in [1.807, 2.05) is 43.3 Å². The summed E-state index contributed by atoms with van der Waals surface area (Å²) in [5.41, 5.74) is 2.42. The molecule has 31 heavy (non-hydrogen) atoms. The van der Waals surface area contributed by atoms with Gasteiger partial charge in [-0.2, -0.15) is 5.10 Å². The maximum absolute atomic E-state index is 12.3. The van der Waals surface area contributed by atoms with Crippen LogP contribution in [0, 0.1) is 6.92 Å². The number of amides is 2. The third-order valence-corrected chi connectivity index (χ3v) is 4.98. The Balaban J connectivity index is 1.31. The lowest BCUT2D eigenvalue weighted by atomic mass is 10.2. The van der Waals surface area contributed by atoms with Gasteiger partial charge >= 0.3 is 6.03 Å². The van der Waals surface area contributed by atoms with E-state index < -0.39 is 0 Å². The lowest BCUT2D eigenvalue weighted by Crippen LogP contribution is -2.45. The van der Waals surface area contributed by atoms with Crippen LogP contribution in [0.4, 0.5) is 16.3 Å². The number of ether oxygens (including phenoxy) is 1. The zero-order chi connectivity index (χ0) is 21.8. The first-order valence-corrected chi connectivity index (χ1v) is 10.4. The van der Waals surface area contributed by atoms with Gasteiger partial charge in [-0.05, 0) is 44.5 Å². The van der Waals surface area contributed by atoms with Crippen LogP contribution in [0.3, 0.4) is 0 Å². The summed E-state index contributed by atoms with van der Waals surface area (Å²) in [7, 11) is 0. The number of pyridine rings is 1. The number of morpholine rings is 1. The highest BCUT2D eigenvalue weighted by molar-refractivity contribution is 5.89. The molecule has 1 saturated heterocycles. The van der Waals surface area contributed by atoms with Crippen molar-refractivity contribution in [3.8, 4) is 11.4 Å². The van der Waals surface area contributed by atoms with Gasteiger partial charge in [0.1, 0.15) is 11.6 Å². The molecule has 1 aliphatic rings. The van der Waals surface area contributed by atoms with E-state index in [1.54, 1.807) is 6.20 Å². The van der Waals surface area contributed by atoms with E-state index in [0.29, 0.717) is 18.1 Å². The van der Waals surface area contributed by atoms with Crippen molar-refractivity contribution in [3.05, 3.63) is 54.0 Å². The van der Waals surface area contributed by atoms with Gasteiger partial charge in [0.05, 0.1) is 12.2 Å². The quantitative estimate of drug-likeness (QED) is 0.584. The van der Waals surface area contributed by atoms with Gasteiger partial charge in [-0.1, -0.05) is 18.2 Å². The Hall–Kier alpha value is -3.46. The van der Waals surface area contributed by atoms with E-state index in [9.17, 15) is 4.79 Å². The molecule has 3 N–H and O–H groups in total. The van der Waals surface area contributed by atoms with Crippen molar-refractivity contribution in [1.82, 2.24) is 25.5 Å². The van der Waals surface area contributed by atoms with Gasteiger partial charge in [-0.15, -0.1) is 0 Å². The Morgan fingerprint density at radius 1 is 1.23 bits per heavy atom. The molecule has 2 unspecified atom stereocenters. The predicted molar refractivity (Wildman–Crippen MR) is 119 cm³/mol. The fourth-order valence-corrected chi connectivity index (χ4v) is 3.64. The van der Waals surface area contributed by atoms with Crippen molar-refractivity contribution >= 4 is 17.5 Å². The number of urea groups is 1. The minimum atomic E-state index is -0.289. The second kappa shape index (κ2) is 9.13. The van der Waals surface area contributed by atoms with Crippen molar-refractivity contribution in [2.75, 3.05) is 23.3 Å². The highest BCUT2D eigenvalue weighted by Gasteiger charge is 2.23. The number of carbonyl (C=O) groups is 1. The number of anilines is 2. The molecule has 0 bridgehead atoms. The third kappa shape index (κ3) is 5.37. The molecule has 1 fully saturated rings. The normalized spacial score (nSPS) is 18.6. The highest BCUT2D eigenvalue weighted by atomic mass is 16.5. The Morgan fingerprint density at radius 3 is 2.71 bits per heavy atom. The number of hydrogen-bond donors (Lipinski definition) is 3. The average Bonchev–Trinajstić information content (AvgIpc) is 3.18. The standard InChI is InChI=1S/C22H27N7O2/c1-14-12-29(13-15(2)31-14)20-8-7-17(10-23-20)11-24-22(30)26-19-6-4-5-18(9-19)21-25-16(3)27-28-21/h4-10,14-15H,11-13H2,1-3H3,(H2,24,26,30)(H,25,27,28). The summed E-state index contributed by atoms with van der Waals surface area (Å²) in [5, 5.41) is 12.7. The summed E-state index contributed by atoms with van der Waals surface area (Å²) >= 11 is 0. The second-order valence-electron chi connectivity index (χ2n) is 7.82. The summed E-state index contributed by atoms with van der Waals surface area (Å²) in [4.78, 5) is 23.4. The van der Waals surface area contributed by atoms with Crippen LogP contribution in [0.1, 0.15) is 25.2 Å². The molecule has 4 rings (SSSR count). The number of nitrogens with zero attached hydrogens (tertiary/aromatic N) is 4. The zero-order valence-corrected chi connectivity index (χ0v) is 17.9. The molecular weight excluding hydrogens is 394 g/mol. The summed E-state index contributed by atoms with van der Waals surface area (Å²) < 4.78 is 5.78. The first-order chi connectivity index (χ1) is 15.0. The number of hydrogen-bond acceptors (Lipinski definition) is 6. The van der Waals surface area contributed by atoms with Crippen LogP contribution in [0.2, 0.25) is 0 Å². The molecule has 1 aliphatic heterocycles. The summed E-state index contributed by atoms with van der Waals surface area (Å²) in [5.74, 6) is 2.26. The monoisotopic (exact) mass is 421 g/mol. The van der Waals surface area contributed by atoms with Crippen LogP contribution in [-0.4, -0.2) is 51.5 Å². The number of aryl methyl sites for hydroxylation is 1. The molecule has 0 spiro atoms. The number of benzene rings is 1. The largest absolute Gasteiger partial charge is 0.372 e. The third-order valence-electron chi connectivity index (χ3n) is 4.98. The van der Waals surface area contributed by atoms with E-state index in [2.05, 4.69) is 49.5 Å². The van der Waals surface area contributed by atoms with Gasteiger partial charge in [0.2, 0.25) is 0 Å². The fraction of sp³-hybridized carbons (Fsp3) is 0.364. The Kier molecular flexibility index (Phi) is 6.13. The Morgan fingerprint density at radius 2 is 2.03 bits per heavy atom. The number of nitrogens with one attached hydrogen (secondary N) is 3. The molecule has 0 aliphatic carbocycles. The molecule has 9 nitrogen and oxygen atoms in total. The number of H-pyrrole nitrogens is 1. The van der Waals surface area contributed by atoms with E-state index in [0.717, 1.165) is 35.9 Å². The maximum atomic E-state index is 12.3. The second-order valence-corrected chi connectivity index (χ2v) is 7.82. The summed E-state index contributed by atoms with van der Waals surface area (Å²) in [6, 6.07) is 11.1. The fourth-order valence-electron chi connectivity index (χ4n) is 3.64. The van der Waals surface area contributed by atoms with Gasteiger partial charge in [0, 0.05) is 37.1 Å². The van der Waals surface area contributed by atoms with Crippen molar-refractivity contribution in [3.63, 3.8) is 0 Å². The predicted octanol–water partition coefficient (Wildman–Crippen LogP) is 3.11. The molecule has 162 valence electrons. The lowest BCUT2D eigenvalue weighted by Gasteiger charge is -2.36. The highest BCUT2D eigenvalue weighted by Crippen LogP contribution is 2.20. The molecule has 0 radical (unpaired) electrons. The molecule has 3 aromatic rings. The molecule has 3 heterocycles. The van der Waals surface area contributed by atoms with Crippen LogP contribution in [0.5, 0.6) is 0 Å². The topological polar surface area (TPSA) is 108 Å². The number of aromatic amines is 1. The van der Waals surface area contributed by atoms with E-state index in [-0.39, 0.29) is 18.2 Å². The first-order valence-electron chi connectivity index (χ1n) is 10.4. The van der Waals surface area contributed by atoms with E-state index in [4.69, 9.17) is 4.74 Å². The number of carbonyl (C=O) groups excluding carboxylic acids is 1. The number of aromatic nitrogens is 4. The molecule has 2 atom stereocenters. The van der Waals surface area contributed by atoms with Crippen LogP contribution >= 0.6 is 0 Å². The van der Waals surface area contributed by atoms with Crippen LogP contribution in [0.15, 0.2) is 42.6 Å². The van der Waals surface area contributed by atoms with Gasteiger partial charge < -0.3 is 20.3 Å². The van der Waals surface area contributed by atoms with E-state index in [1.165, 1.54) is 0 Å². The first kappa shape index (κ1) is 20.8. The Labute approximate surface area is 181 Å². The molecular formula is C22H27N7O2. The van der Waals surface area contributed by atoms with Gasteiger partial charge in [0.15, 0.2) is 5.82 Å². The molecule has 2 aromatic heterocycles. The molecule has 9 heteroatoms. The average molecular weight is 422 g/mol. The van der Waals surface area contributed by atoms with Gasteiger partial charge in [0.25, 0.3) is 0 Å². The molecule has 1 aromatic carbocycles. The van der Waals surface area contributed by atoms with Crippen LogP contribution < -0.4 is 15.5 Å². The van der Waals surface area contributed by atoms with Crippen LogP contribution in [0.25, 0.3) is 11.4 Å². The summed E-state index contributed by atoms with van der Waals surface area (Å²) in [6.45, 7) is 8.01. The lowest BCUT2D eigenvalue weighted by molar-refractivity contribution is -0.00546. The summed E-state index contributed by atoms with van der Waals surface area (Å²) in [6.07, 6.45) is 2.16. The minimum Gasteiger partial charge on any atom is -0.372 e. The van der Waals surface area contributed by atoms with Gasteiger partial charge in [-0.3, -0.25) is 5.10 Å². The smallest absolute Gasteiger partial charge is 0.319 e. The minimum absolute atomic E-state index is 0.182. The van der Waals surface area contributed by atoms with Crippen molar-refractivity contribution in [2.45, 2.75) is 39.5 Å². The zero-order valence-electron chi connectivity index (χ0n) is 17.9. The van der Waals surface area contributed by atoms with Crippen LogP contribution in [-0.2, 0) is 11.3 Å². The molecule has 2 amide bonds. The van der Waals surface area contributed by atoms with Crippen molar-refractivity contribution < 1.29 is 9.53 Å². The van der Waals surface area contributed by atoms with Gasteiger partial charge in [-0.25, -0.2) is 14.8 Å². The molecule has 0 saturated carbocycles. The Bertz CT molecular complexity index is 1020. The number of rotatable bonds is 5. The van der Waals surface area contributed by atoms with Crippen molar-refractivity contribution in [1.29, 1.82) is 0 Å². The maximum Gasteiger partial charge on any atom is 0.319 e. The van der Waals surface area contributed by atoms with Crippen molar-refractivity contribution in [2.24, 2.45) is 0 Å². The van der Waals surface area contributed by atoms with E-state index >= 15 is 0 Å².